The van der Waals surface area contributed by atoms with Gasteiger partial charge in [-0.2, -0.15) is 13.2 Å². The van der Waals surface area contributed by atoms with Gasteiger partial charge in [0.2, 0.25) is 5.95 Å². The van der Waals surface area contributed by atoms with E-state index in [0.717, 1.165) is 30.8 Å². The van der Waals surface area contributed by atoms with Crippen LogP contribution in [-0.4, -0.2) is 26.8 Å². The minimum absolute atomic E-state index is 0.0405. The molecule has 1 amide bonds. The third kappa shape index (κ3) is 7.25. The van der Waals surface area contributed by atoms with E-state index in [0.29, 0.717) is 23.1 Å². The molecule has 5 rings (SSSR count). The molecule has 2 heterocycles. The lowest BCUT2D eigenvalue weighted by molar-refractivity contribution is -0.274. The molecule has 4 aromatic rings. The van der Waals surface area contributed by atoms with Crippen LogP contribution in [0.15, 0.2) is 60.8 Å². The molecule has 1 aliphatic rings. The summed E-state index contributed by atoms with van der Waals surface area (Å²) in [6.07, 6.45) is -5.42. The summed E-state index contributed by atoms with van der Waals surface area (Å²) in [4.78, 5) is 21.5. The summed E-state index contributed by atoms with van der Waals surface area (Å²) < 4.78 is 84.0. The number of hydrogen-bond donors (Lipinski definition) is 2. The van der Waals surface area contributed by atoms with Gasteiger partial charge in [0, 0.05) is 23.5 Å². The highest BCUT2D eigenvalue weighted by molar-refractivity contribution is 5.97. The van der Waals surface area contributed by atoms with Gasteiger partial charge in [-0.3, -0.25) is 9.78 Å². The predicted molar refractivity (Wildman–Crippen MR) is 152 cm³/mol. The van der Waals surface area contributed by atoms with Gasteiger partial charge >= 0.3 is 12.5 Å². The van der Waals surface area contributed by atoms with E-state index in [2.05, 4.69) is 45.7 Å². The van der Waals surface area contributed by atoms with Gasteiger partial charge in [0.25, 0.3) is 5.91 Å². The van der Waals surface area contributed by atoms with Crippen LogP contribution in [0, 0.1) is 11.3 Å². The minimum Gasteiger partial charge on any atom is -0.406 e. The van der Waals surface area contributed by atoms with Crippen LogP contribution < -0.4 is 15.4 Å². The topological polar surface area (TPSA) is 81.1 Å². The number of rotatable bonds is 7. The average molecular weight is 620 g/mol. The molecular weight excluding hydrogens is 588 g/mol. The van der Waals surface area contributed by atoms with Gasteiger partial charge in [0.1, 0.15) is 5.75 Å². The second-order valence-corrected chi connectivity index (χ2v) is 12.0. The maximum absolute atomic E-state index is 13.4. The highest BCUT2D eigenvalue weighted by atomic mass is 19.4. The van der Waals surface area contributed by atoms with Crippen molar-refractivity contribution in [3.8, 4) is 5.75 Å². The lowest BCUT2D eigenvalue weighted by Gasteiger charge is -2.40. The molecule has 234 valence electrons. The predicted octanol–water partition coefficient (Wildman–Crippen LogP) is 8.41. The Morgan fingerprint density at radius 1 is 1.05 bits per heavy atom. The summed E-state index contributed by atoms with van der Waals surface area (Å²) in [7, 11) is 0. The monoisotopic (exact) mass is 619 g/mol. The van der Waals surface area contributed by atoms with Gasteiger partial charge in [-0.05, 0) is 85.2 Å². The largest absolute Gasteiger partial charge is 0.573 e. The molecule has 2 aromatic heterocycles. The number of halogens is 6. The Morgan fingerprint density at radius 2 is 1.77 bits per heavy atom. The number of pyridine rings is 1. The normalized spacial score (nSPS) is 18.7. The van der Waals surface area contributed by atoms with Gasteiger partial charge in [-0.25, -0.2) is 4.98 Å². The SMILES string of the molecule is C[C@H]1C[C@@H](n2c(Nc3ccc(OC(F)(F)F)cc3)nc3cc(C(=O)NCc4ncccc4C(F)(F)F)ccc32)CC(C)(C)C1. The number of imidazole rings is 1. The van der Waals surface area contributed by atoms with Crippen LogP contribution in [0.25, 0.3) is 11.0 Å². The van der Waals surface area contributed by atoms with Crippen molar-refractivity contribution < 1.29 is 35.9 Å². The third-order valence-corrected chi connectivity index (χ3v) is 7.64. The maximum Gasteiger partial charge on any atom is 0.573 e. The van der Waals surface area contributed by atoms with E-state index in [4.69, 9.17) is 4.98 Å². The molecule has 0 aliphatic heterocycles. The van der Waals surface area contributed by atoms with Crippen molar-refractivity contribution in [2.75, 3.05) is 5.32 Å². The smallest absolute Gasteiger partial charge is 0.406 e. The zero-order valence-corrected chi connectivity index (χ0v) is 24.2. The molecule has 0 saturated heterocycles. The number of fused-ring (bicyclic) bond motifs is 1. The van der Waals surface area contributed by atoms with Crippen molar-refractivity contribution in [2.45, 2.75) is 65.2 Å². The molecule has 0 bridgehead atoms. The Balaban J connectivity index is 1.45. The molecule has 44 heavy (non-hydrogen) atoms. The quantitative estimate of drug-likeness (QED) is 0.203. The summed E-state index contributed by atoms with van der Waals surface area (Å²) in [5.74, 6) is -0.0862. The molecule has 1 saturated carbocycles. The fraction of sp³-hybridized carbons (Fsp3) is 0.387. The van der Waals surface area contributed by atoms with Crippen LogP contribution in [0.2, 0.25) is 0 Å². The Bertz CT molecular complexity index is 1650. The Morgan fingerprint density at radius 3 is 2.43 bits per heavy atom. The first-order chi connectivity index (χ1) is 20.6. The van der Waals surface area contributed by atoms with E-state index in [9.17, 15) is 31.1 Å². The van der Waals surface area contributed by atoms with E-state index in [-0.39, 0.29) is 28.5 Å². The van der Waals surface area contributed by atoms with Crippen LogP contribution in [-0.2, 0) is 12.7 Å². The summed E-state index contributed by atoms with van der Waals surface area (Å²) in [5, 5.41) is 5.72. The molecule has 0 spiro atoms. The first-order valence-corrected chi connectivity index (χ1v) is 14.0. The maximum atomic E-state index is 13.4. The lowest BCUT2D eigenvalue weighted by atomic mass is 9.70. The number of aromatic nitrogens is 3. The number of nitrogens with one attached hydrogen (secondary N) is 2. The number of amides is 1. The Kier molecular flexibility index (Phi) is 8.25. The number of ether oxygens (including phenoxy) is 1. The standard InChI is InChI=1S/C31H31F6N5O2/c1-18-13-21(16-29(2,3)15-18)42-26-11-6-19(27(43)39-17-25-23(30(32,33)34)5-4-12-38-25)14-24(26)41-28(42)40-20-7-9-22(10-8-20)44-31(35,36)37/h4-12,14,18,21H,13,15-17H2,1-3H3,(H,39,43)(H,40,41)/t18-,21+/m0/s1. The van der Waals surface area contributed by atoms with Crippen molar-refractivity contribution in [1.82, 2.24) is 19.9 Å². The third-order valence-electron chi connectivity index (χ3n) is 7.64. The van der Waals surface area contributed by atoms with E-state index in [1.807, 2.05) is 0 Å². The van der Waals surface area contributed by atoms with Crippen molar-refractivity contribution in [3.63, 3.8) is 0 Å². The molecule has 0 unspecified atom stereocenters. The number of carbonyl (C=O) groups is 1. The van der Waals surface area contributed by atoms with Crippen molar-refractivity contribution in [1.29, 1.82) is 0 Å². The average Bonchev–Trinajstić information content (AvgIpc) is 3.27. The van der Waals surface area contributed by atoms with E-state index in [1.54, 1.807) is 18.2 Å². The number of alkyl halides is 6. The fourth-order valence-corrected chi connectivity index (χ4v) is 6.16. The Labute approximate surface area is 249 Å². The molecule has 2 N–H and O–H groups in total. The molecule has 2 atom stereocenters. The molecule has 1 aliphatic carbocycles. The number of anilines is 2. The van der Waals surface area contributed by atoms with Crippen LogP contribution in [0.5, 0.6) is 5.75 Å². The van der Waals surface area contributed by atoms with Crippen molar-refractivity contribution in [2.24, 2.45) is 11.3 Å². The van der Waals surface area contributed by atoms with Gasteiger partial charge in [0.05, 0.1) is 28.8 Å². The van der Waals surface area contributed by atoms with Gasteiger partial charge in [-0.1, -0.05) is 20.8 Å². The molecule has 7 nitrogen and oxygen atoms in total. The van der Waals surface area contributed by atoms with Gasteiger partial charge < -0.3 is 19.9 Å². The summed E-state index contributed by atoms with van der Waals surface area (Å²) in [5.41, 5.74) is 0.714. The second kappa shape index (κ2) is 11.7. The van der Waals surface area contributed by atoms with Crippen LogP contribution in [0.1, 0.15) is 67.7 Å². The van der Waals surface area contributed by atoms with Gasteiger partial charge in [0.15, 0.2) is 0 Å². The summed E-state index contributed by atoms with van der Waals surface area (Å²) >= 11 is 0. The summed E-state index contributed by atoms with van der Waals surface area (Å²) in [6.45, 7) is 6.18. The first-order valence-electron chi connectivity index (χ1n) is 14.0. The van der Waals surface area contributed by atoms with E-state index in [1.165, 1.54) is 36.5 Å². The van der Waals surface area contributed by atoms with Crippen molar-refractivity contribution >= 4 is 28.6 Å². The molecular formula is C31H31F6N5O2. The molecule has 0 radical (unpaired) electrons. The minimum atomic E-state index is -4.81. The highest BCUT2D eigenvalue weighted by Crippen LogP contribution is 2.46. The Hall–Kier alpha value is -4.29. The fourth-order valence-electron chi connectivity index (χ4n) is 6.16. The lowest BCUT2D eigenvalue weighted by Crippen LogP contribution is -2.29. The zero-order chi connectivity index (χ0) is 31.9. The van der Waals surface area contributed by atoms with Gasteiger partial charge in [-0.15, -0.1) is 13.2 Å². The van der Waals surface area contributed by atoms with E-state index >= 15 is 0 Å². The number of carbonyl (C=O) groups excluding carboxylic acids is 1. The molecule has 2 aromatic carbocycles. The highest BCUT2D eigenvalue weighted by Gasteiger charge is 2.36. The van der Waals surface area contributed by atoms with Crippen LogP contribution in [0.3, 0.4) is 0 Å². The van der Waals surface area contributed by atoms with Crippen molar-refractivity contribution in [3.05, 3.63) is 77.6 Å². The second-order valence-electron chi connectivity index (χ2n) is 12.0. The van der Waals surface area contributed by atoms with Crippen LogP contribution >= 0.6 is 0 Å². The first kappa shape index (κ1) is 31.1. The summed E-state index contributed by atoms with van der Waals surface area (Å²) in [6, 6.07) is 12.3. The molecule has 13 heteroatoms. The van der Waals surface area contributed by atoms with Crippen LogP contribution in [0.4, 0.5) is 38.0 Å². The number of nitrogens with zero attached hydrogens (tertiary/aromatic N) is 3. The number of hydrogen-bond acceptors (Lipinski definition) is 5. The zero-order valence-electron chi connectivity index (χ0n) is 24.2. The van der Waals surface area contributed by atoms with E-state index < -0.39 is 30.6 Å². The molecule has 1 fully saturated rings. The number of benzene rings is 2.